The molecule has 0 saturated carbocycles. The first-order valence-electron chi connectivity index (χ1n) is 22.2. The van der Waals surface area contributed by atoms with Crippen molar-refractivity contribution in [2.45, 2.75) is 32.7 Å². The van der Waals surface area contributed by atoms with Crippen molar-refractivity contribution in [3.05, 3.63) is 212 Å². The van der Waals surface area contributed by atoms with Gasteiger partial charge in [0, 0.05) is 34.1 Å². The van der Waals surface area contributed by atoms with Crippen molar-refractivity contribution in [3.63, 3.8) is 0 Å². The van der Waals surface area contributed by atoms with Gasteiger partial charge in [0.2, 0.25) is 0 Å². The Balaban J connectivity index is 1.06. The van der Waals surface area contributed by atoms with Crippen molar-refractivity contribution in [2.75, 3.05) is 9.80 Å². The number of fused-ring (bicyclic) bond motifs is 6. The van der Waals surface area contributed by atoms with Crippen molar-refractivity contribution in [3.8, 4) is 22.3 Å². The van der Waals surface area contributed by atoms with E-state index in [9.17, 15) is 0 Å². The minimum atomic E-state index is -2.18. The van der Waals surface area contributed by atoms with Crippen LogP contribution in [0.25, 0.3) is 54.6 Å². The maximum absolute atomic E-state index is 2.54. The van der Waals surface area contributed by atoms with E-state index < -0.39 is 16.1 Å². The Labute approximate surface area is 373 Å². The van der Waals surface area contributed by atoms with Gasteiger partial charge in [0.15, 0.2) is 0 Å². The van der Waals surface area contributed by atoms with E-state index in [0.717, 1.165) is 22.7 Å². The van der Waals surface area contributed by atoms with Gasteiger partial charge in [0.1, 0.15) is 8.07 Å². The molecule has 0 aromatic heterocycles. The first-order valence-corrected chi connectivity index (χ1v) is 28.7. The predicted octanol–water partition coefficient (Wildman–Crippen LogP) is 15.1. The molecule has 1 heterocycles. The summed E-state index contributed by atoms with van der Waals surface area (Å²) in [5.41, 5.74) is 12.1. The van der Waals surface area contributed by atoms with E-state index in [-0.39, 0.29) is 0 Å². The highest BCUT2D eigenvalue weighted by molar-refractivity contribution is 7.03. The van der Waals surface area contributed by atoms with E-state index >= 15 is 0 Å². The molecule has 4 heteroatoms. The molecule has 0 aliphatic carbocycles. The summed E-state index contributed by atoms with van der Waals surface area (Å²) in [6.45, 7) is 12.3. The van der Waals surface area contributed by atoms with Gasteiger partial charge >= 0.3 is 0 Å². The second kappa shape index (κ2) is 15.1. The standard InChI is InChI=1S/C59H50N2Si2/c1-62(2,3)48-35-32-46(33-36-48)60(42-18-9-6-10-19-42)45-30-28-41(29-31-45)53-39-55-52-26-17-27-57-59(52)56(40-54(55)50-25-16-15-24-49(50)53)51-37-34-47(38-58(51)63(57,4)5)61(43-20-11-7-12-21-43)44-22-13-8-14-23-44/h6-40H,1-5H3. The van der Waals surface area contributed by atoms with Gasteiger partial charge in [-0.15, -0.1) is 0 Å². The van der Waals surface area contributed by atoms with Crippen LogP contribution in [-0.4, -0.2) is 16.1 Å². The lowest BCUT2D eigenvalue weighted by atomic mass is 9.87. The van der Waals surface area contributed by atoms with Gasteiger partial charge in [-0.25, -0.2) is 0 Å². The molecule has 11 rings (SSSR count). The Morgan fingerprint density at radius 1 is 0.333 bits per heavy atom. The topological polar surface area (TPSA) is 6.48 Å². The molecule has 304 valence electrons. The highest BCUT2D eigenvalue weighted by Crippen LogP contribution is 2.45. The van der Waals surface area contributed by atoms with Crippen molar-refractivity contribution >= 4 is 98.1 Å². The van der Waals surface area contributed by atoms with Crippen LogP contribution in [-0.2, 0) is 0 Å². The average Bonchev–Trinajstić information content (AvgIpc) is 3.32. The van der Waals surface area contributed by atoms with Crippen LogP contribution in [0.3, 0.4) is 0 Å². The summed E-state index contributed by atoms with van der Waals surface area (Å²) in [5, 5.41) is 12.4. The molecule has 0 atom stereocenters. The maximum Gasteiger partial charge on any atom is 0.113 e. The first-order chi connectivity index (χ1) is 30.6. The Hall–Kier alpha value is -6.99. The third kappa shape index (κ3) is 6.60. The summed E-state index contributed by atoms with van der Waals surface area (Å²) >= 11 is 0. The van der Waals surface area contributed by atoms with Crippen LogP contribution in [0.5, 0.6) is 0 Å². The van der Waals surface area contributed by atoms with Crippen LogP contribution in [0.15, 0.2) is 212 Å². The fourth-order valence-electron chi connectivity index (χ4n) is 10.1. The normalized spacial score (nSPS) is 13.0. The summed E-state index contributed by atoms with van der Waals surface area (Å²) in [6, 6.07) is 79.1. The maximum atomic E-state index is 2.54. The number of hydrogen-bond acceptors (Lipinski definition) is 2. The summed E-state index contributed by atoms with van der Waals surface area (Å²) in [5.74, 6) is 0. The molecule has 0 bridgehead atoms. The van der Waals surface area contributed by atoms with Crippen LogP contribution >= 0.6 is 0 Å². The first kappa shape index (κ1) is 38.9. The molecule has 10 aromatic rings. The molecule has 2 nitrogen and oxygen atoms in total. The average molecular weight is 843 g/mol. The van der Waals surface area contributed by atoms with Gasteiger partial charge in [-0.1, -0.05) is 165 Å². The molecule has 0 spiro atoms. The molecule has 10 aromatic carbocycles. The Kier molecular flexibility index (Phi) is 9.34. The van der Waals surface area contributed by atoms with E-state index in [4.69, 9.17) is 0 Å². The second-order valence-electron chi connectivity index (χ2n) is 18.6. The Morgan fingerprint density at radius 2 is 0.794 bits per heavy atom. The fraction of sp³-hybridized carbons (Fsp3) is 0.0847. The summed E-state index contributed by atoms with van der Waals surface area (Å²) in [7, 11) is -3.60. The van der Waals surface area contributed by atoms with Crippen molar-refractivity contribution in [1.29, 1.82) is 0 Å². The van der Waals surface area contributed by atoms with Crippen molar-refractivity contribution in [1.82, 2.24) is 0 Å². The minimum Gasteiger partial charge on any atom is -0.311 e. The summed E-state index contributed by atoms with van der Waals surface area (Å²) in [6.07, 6.45) is 0. The molecular formula is C59H50N2Si2. The van der Waals surface area contributed by atoms with Crippen molar-refractivity contribution < 1.29 is 0 Å². The van der Waals surface area contributed by atoms with Gasteiger partial charge in [0.05, 0.1) is 8.07 Å². The van der Waals surface area contributed by atoms with E-state index in [1.807, 2.05) is 0 Å². The van der Waals surface area contributed by atoms with Gasteiger partial charge in [-0.3, -0.25) is 0 Å². The molecule has 0 N–H and O–H groups in total. The molecular weight excluding hydrogens is 793 g/mol. The predicted molar refractivity (Wildman–Crippen MR) is 279 cm³/mol. The third-order valence-corrected chi connectivity index (χ3v) is 19.0. The van der Waals surface area contributed by atoms with E-state index in [1.54, 1.807) is 0 Å². The third-order valence-electron chi connectivity index (χ3n) is 13.4. The zero-order valence-corrected chi connectivity index (χ0v) is 38.6. The lowest BCUT2D eigenvalue weighted by Crippen LogP contribution is -2.56. The number of rotatable bonds is 8. The van der Waals surface area contributed by atoms with E-state index in [2.05, 4.69) is 255 Å². The molecule has 0 amide bonds. The highest BCUT2D eigenvalue weighted by Gasteiger charge is 2.36. The van der Waals surface area contributed by atoms with Crippen LogP contribution in [0.2, 0.25) is 32.7 Å². The fourth-order valence-corrected chi connectivity index (χ4v) is 14.4. The number of nitrogens with zero attached hydrogens (tertiary/aromatic N) is 2. The molecule has 0 fully saturated rings. The molecule has 1 aliphatic heterocycles. The van der Waals surface area contributed by atoms with Gasteiger partial charge in [-0.05, 0) is 150 Å². The van der Waals surface area contributed by atoms with Gasteiger partial charge < -0.3 is 9.80 Å². The molecule has 0 saturated heterocycles. The smallest absolute Gasteiger partial charge is 0.113 e. The summed E-state index contributed by atoms with van der Waals surface area (Å²) < 4.78 is 0. The van der Waals surface area contributed by atoms with Crippen LogP contribution < -0.4 is 25.4 Å². The van der Waals surface area contributed by atoms with E-state index in [0.29, 0.717) is 0 Å². The van der Waals surface area contributed by atoms with Crippen LogP contribution in [0.1, 0.15) is 0 Å². The number of benzene rings is 10. The SMILES string of the molecule is C[Si](C)(C)c1ccc(N(c2ccccc2)c2ccc(-c3cc4c5cccc6c5c(cc4c4ccccc34)-c3ccc(N(c4ccccc4)c4ccccc4)cc3[Si]6(C)C)cc2)cc1. The highest BCUT2D eigenvalue weighted by atomic mass is 28.3. The van der Waals surface area contributed by atoms with Gasteiger partial charge in [0.25, 0.3) is 0 Å². The summed E-state index contributed by atoms with van der Waals surface area (Å²) in [4.78, 5) is 4.77. The minimum absolute atomic E-state index is 1.14. The Morgan fingerprint density at radius 3 is 1.38 bits per heavy atom. The number of anilines is 6. The zero-order chi connectivity index (χ0) is 42.9. The van der Waals surface area contributed by atoms with Crippen LogP contribution in [0, 0.1) is 0 Å². The van der Waals surface area contributed by atoms with Crippen molar-refractivity contribution in [2.24, 2.45) is 0 Å². The number of para-hydroxylation sites is 3. The quantitative estimate of drug-likeness (QED) is 0.111. The molecule has 0 radical (unpaired) electrons. The largest absolute Gasteiger partial charge is 0.311 e. The monoisotopic (exact) mass is 842 g/mol. The lowest BCUT2D eigenvalue weighted by Gasteiger charge is -2.35. The second-order valence-corrected chi connectivity index (χ2v) is 28.0. The number of hydrogen-bond donors (Lipinski definition) is 0. The lowest BCUT2D eigenvalue weighted by molar-refractivity contribution is 1.28. The molecule has 63 heavy (non-hydrogen) atoms. The molecule has 1 aliphatic rings. The zero-order valence-electron chi connectivity index (χ0n) is 36.6. The van der Waals surface area contributed by atoms with Gasteiger partial charge in [-0.2, -0.15) is 0 Å². The molecule has 0 unspecified atom stereocenters. The van der Waals surface area contributed by atoms with Crippen LogP contribution in [0.4, 0.5) is 34.1 Å². The Bertz CT molecular complexity index is 3280. The van der Waals surface area contributed by atoms with E-state index in [1.165, 1.54) is 81.5 Å².